The molecule has 0 amide bonds. The zero-order valence-corrected chi connectivity index (χ0v) is 16.2. The average Bonchev–Trinajstić information content (AvgIpc) is 3.49. The summed E-state index contributed by atoms with van der Waals surface area (Å²) >= 11 is 5.92. The molecule has 0 N–H and O–H groups in total. The van der Waals surface area contributed by atoms with Gasteiger partial charge in [0.25, 0.3) is 0 Å². The number of rotatable bonds is 5. The van der Waals surface area contributed by atoms with Gasteiger partial charge in [-0.05, 0) is 36.1 Å². The predicted molar refractivity (Wildman–Crippen MR) is 105 cm³/mol. The van der Waals surface area contributed by atoms with Crippen molar-refractivity contribution in [2.75, 3.05) is 19.6 Å². The Morgan fingerprint density at radius 3 is 2.31 bits per heavy atom. The smallest absolute Gasteiger partial charge is 0.218 e. The Morgan fingerprint density at radius 2 is 1.65 bits per heavy atom. The van der Waals surface area contributed by atoms with Crippen LogP contribution in [0.15, 0.2) is 54.6 Å². The third-order valence-corrected chi connectivity index (χ3v) is 7.33. The molecule has 4 nitrogen and oxygen atoms in total. The Balaban J connectivity index is 1.60. The summed E-state index contributed by atoms with van der Waals surface area (Å²) in [6.45, 7) is 2.13. The molecule has 2 fully saturated rings. The lowest BCUT2D eigenvalue weighted by Crippen LogP contribution is -2.51. The van der Waals surface area contributed by atoms with Crippen LogP contribution in [0, 0.1) is 0 Å². The van der Waals surface area contributed by atoms with Gasteiger partial charge in [0, 0.05) is 30.7 Å². The molecule has 0 aromatic heterocycles. The number of sulfonamides is 1. The molecular weight excluding hydrogens is 368 g/mol. The Bertz CT molecular complexity index is 851. The highest BCUT2D eigenvalue weighted by molar-refractivity contribution is 7.88. The van der Waals surface area contributed by atoms with E-state index in [1.807, 2.05) is 30.3 Å². The van der Waals surface area contributed by atoms with Crippen LogP contribution < -0.4 is 0 Å². The maximum absolute atomic E-state index is 13.2. The van der Waals surface area contributed by atoms with Gasteiger partial charge in [0.1, 0.15) is 0 Å². The number of nitrogens with zero attached hydrogens (tertiary/aromatic N) is 2. The fraction of sp³-hybridized carbons (Fsp3) is 0.400. The van der Waals surface area contributed by atoms with Crippen LogP contribution in [0.2, 0.25) is 5.02 Å². The first-order chi connectivity index (χ1) is 12.5. The molecule has 0 radical (unpaired) electrons. The van der Waals surface area contributed by atoms with E-state index in [1.54, 1.807) is 28.6 Å². The Hall–Kier alpha value is -1.40. The second kappa shape index (κ2) is 7.31. The van der Waals surface area contributed by atoms with Crippen LogP contribution in [-0.4, -0.2) is 43.3 Å². The minimum Gasteiger partial charge on any atom is -0.297 e. The quantitative estimate of drug-likeness (QED) is 0.781. The number of halogens is 1. The summed E-state index contributed by atoms with van der Waals surface area (Å²) in [5, 5.41) is 0.617. The molecule has 2 aliphatic rings. The first-order valence-electron chi connectivity index (χ1n) is 9.06. The van der Waals surface area contributed by atoms with Crippen molar-refractivity contribution in [3.05, 3.63) is 70.7 Å². The molecule has 0 bridgehead atoms. The van der Waals surface area contributed by atoms with Crippen molar-refractivity contribution < 1.29 is 8.42 Å². The summed E-state index contributed by atoms with van der Waals surface area (Å²) in [5.74, 6) is 0.0108. The first kappa shape index (κ1) is 18.0. The largest absolute Gasteiger partial charge is 0.297 e. The predicted octanol–water partition coefficient (Wildman–Crippen LogP) is 3.69. The zero-order valence-electron chi connectivity index (χ0n) is 14.6. The number of hydrogen-bond donors (Lipinski definition) is 0. The van der Waals surface area contributed by atoms with Gasteiger partial charge in [0.15, 0.2) is 0 Å². The molecule has 1 unspecified atom stereocenters. The van der Waals surface area contributed by atoms with E-state index in [4.69, 9.17) is 11.6 Å². The summed E-state index contributed by atoms with van der Waals surface area (Å²) in [5.41, 5.74) is 1.84. The molecule has 0 spiro atoms. The van der Waals surface area contributed by atoms with E-state index in [0.29, 0.717) is 17.6 Å². The fourth-order valence-electron chi connectivity index (χ4n) is 3.71. The topological polar surface area (TPSA) is 40.6 Å². The molecular formula is C20H23ClN2O2S. The van der Waals surface area contributed by atoms with Crippen LogP contribution in [-0.2, 0) is 15.8 Å². The van der Waals surface area contributed by atoms with Gasteiger partial charge in [0.2, 0.25) is 10.0 Å². The van der Waals surface area contributed by atoms with Crippen molar-refractivity contribution in [2.45, 2.75) is 30.7 Å². The molecule has 4 rings (SSSR count). The average molecular weight is 391 g/mol. The molecule has 2 aromatic carbocycles. The molecule has 1 saturated carbocycles. The monoisotopic (exact) mass is 390 g/mol. The van der Waals surface area contributed by atoms with E-state index in [0.717, 1.165) is 24.2 Å². The van der Waals surface area contributed by atoms with Gasteiger partial charge in [0.05, 0.1) is 11.8 Å². The van der Waals surface area contributed by atoms with Crippen LogP contribution in [0.1, 0.15) is 30.0 Å². The third kappa shape index (κ3) is 3.96. The van der Waals surface area contributed by atoms with Crippen molar-refractivity contribution in [3.8, 4) is 0 Å². The van der Waals surface area contributed by atoms with Gasteiger partial charge in [-0.2, -0.15) is 4.31 Å². The minimum atomic E-state index is -3.41. The fourth-order valence-corrected chi connectivity index (χ4v) is 5.55. The standard InChI is InChI=1S/C20H23ClN2O2S/c21-18-8-6-16(7-9-18)15-26(24,25)23-13-12-22(19-10-11-19)14-20(23)17-4-2-1-3-5-17/h1-9,19-20H,10-15H2. The Kier molecular flexibility index (Phi) is 5.06. The zero-order chi connectivity index (χ0) is 18.1. The lowest BCUT2D eigenvalue weighted by atomic mass is 10.0. The summed E-state index contributed by atoms with van der Waals surface area (Å²) in [7, 11) is -3.41. The lowest BCUT2D eigenvalue weighted by Gasteiger charge is -2.41. The number of hydrogen-bond acceptors (Lipinski definition) is 3. The summed E-state index contributed by atoms with van der Waals surface area (Å²) < 4.78 is 28.1. The molecule has 6 heteroatoms. The van der Waals surface area contributed by atoms with Crippen molar-refractivity contribution >= 4 is 21.6 Å². The summed E-state index contributed by atoms with van der Waals surface area (Å²) in [6, 6.07) is 17.6. The molecule has 2 aromatic rings. The van der Waals surface area contributed by atoms with E-state index < -0.39 is 10.0 Å². The maximum atomic E-state index is 13.2. The molecule has 26 heavy (non-hydrogen) atoms. The number of benzene rings is 2. The van der Waals surface area contributed by atoms with Gasteiger partial charge in [-0.1, -0.05) is 54.1 Å². The molecule has 1 heterocycles. The molecule has 1 saturated heterocycles. The maximum Gasteiger partial charge on any atom is 0.218 e. The van der Waals surface area contributed by atoms with Crippen molar-refractivity contribution in [1.82, 2.24) is 9.21 Å². The highest BCUT2D eigenvalue weighted by atomic mass is 35.5. The normalized spacial score (nSPS) is 22.4. The van der Waals surface area contributed by atoms with Gasteiger partial charge in [-0.15, -0.1) is 0 Å². The van der Waals surface area contributed by atoms with Crippen LogP contribution >= 0.6 is 11.6 Å². The lowest BCUT2D eigenvalue weighted by molar-refractivity contribution is 0.128. The minimum absolute atomic E-state index is 0.0108. The highest BCUT2D eigenvalue weighted by Gasteiger charge is 2.40. The van der Waals surface area contributed by atoms with Gasteiger partial charge in [-0.25, -0.2) is 8.42 Å². The van der Waals surface area contributed by atoms with Gasteiger partial charge < -0.3 is 0 Å². The van der Waals surface area contributed by atoms with E-state index in [-0.39, 0.29) is 11.8 Å². The summed E-state index contributed by atoms with van der Waals surface area (Å²) in [4.78, 5) is 2.45. The molecule has 138 valence electrons. The SMILES string of the molecule is O=S(=O)(Cc1ccc(Cl)cc1)N1CCN(C2CC2)CC1c1ccccc1. The number of piperazine rings is 1. The van der Waals surface area contributed by atoms with Crippen LogP contribution in [0.25, 0.3) is 0 Å². The molecule has 1 aliphatic carbocycles. The van der Waals surface area contributed by atoms with Gasteiger partial charge in [-0.3, -0.25) is 4.90 Å². The first-order valence-corrected chi connectivity index (χ1v) is 11.0. The van der Waals surface area contributed by atoms with E-state index in [9.17, 15) is 8.42 Å². The van der Waals surface area contributed by atoms with Crippen LogP contribution in [0.4, 0.5) is 0 Å². The Labute approximate surface area is 160 Å². The van der Waals surface area contributed by atoms with E-state index in [2.05, 4.69) is 4.90 Å². The van der Waals surface area contributed by atoms with Crippen molar-refractivity contribution in [2.24, 2.45) is 0 Å². The van der Waals surface area contributed by atoms with Crippen LogP contribution in [0.3, 0.4) is 0 Å². The van der Waals surface area contributed by atoms with Gasteiger partial charge >= 0.3 is 0 Å². The molecule has 1 aliphatic heterocycles. The van der Waals surface area contributed by atoms with E-state index in [1.165, 1.54) is 12.8 Å². The third-order valence-electron chi connectivity index (χ3n) is 5.23. The second-order valence-corrected chi connectivity index (χ2v) is 9.50. The van der Waals surface area contributed by atoms with E-state index >= 15 is 0 Å². The van der Waals surface area contributed by atoms with Crippen molar-refractivity contribution in [1.29, 1.82) is 0 Å². The Morgan fingerprint density at radius 1 is 0.962 bits per heavy atom. The summed E-state index contributed by atoms with van der Waals surface area (Å²) in [6.07, 6.45) is 2.47. The van der Waals surface area contributed by atoms with Crippen LogP contribution in [0.5, 0.6) is 0 Å². The van der Waals surface area contributed by atoms with Crippen molar-refractivity contribution in [3.63, 3.8) is 0 Å². The highest BCUT2D eigenvalue weighted by Crippen LogP contribution is 2.35. The second-order valence-electron chi connectivity index (χ2n) is 7.15. The molecule has 1 atom stereocenters.